The second-order valence-electron chi connectivity index (χ2n) is 3.55. The molecule has 0 spiro atoms. The second-order valence-corrected chi connectivity index (χ2v) is 3.55. The number of hydrogen-bond donors (Lipinski definition) is 1. The lowest BCUT2D eigenvalue weighted by Crippen LogP contribution is -2.17. The van der Waals surface area contributed by atoms with Crippen LogP contribution >= 0.6 is 0 Å². The van der Waals surface area contributed by atoms with Gasteiger partial charge in [0.25, 0.3) is 0 Å². The van der Waals surface area contributed by atoms with Crippen molar-refractivity contribution in [3.05, 3.63) is 24.3 Å². The van der Waals surface area contributed by atoms with Crippen LogP contribution in [0.4, 0.5) is 19.1 Å². The molecule has 9 heteroatoms. The van der Waals surface area contributed by atoms with Gasteiger partial charge in [-0.1, -0.05) is 12.1 Å². The molecule has 6 nitrogen and oxygen atoms in total. The fourth-order valence-corrected chi connectivity index (χ4v) is 1.45. The van der Waals surface area contributed by atoms with Crippen molar-refractivity contribution in [2.75, 3.05) is 12.8 Å². The molecule has 2 N–H and O–H groups in total. The van der Waals surface area contributed by atoms with Crippen molar-refractivity contribution in [1.82, 2.24) is 15.0 Å². The third-order valence-corrected chi connectivity index (χ3v) is 2.17. The highest BCUT2D eigenvalue weighted by Gasteiger charge is 2.32. The van der Waals surface area contributed by atoms with Crippen LogP contribution in [0.15, 0.2) is 24.3 Å². The van der Waals surface area contributed by atoms with E-state index in [1.54, 1.807) is 0 Å². The standard InChI is InChI=1S/C11H9F3N4O2/c1-19-10-17-8(16-9(15)18-10)6-4-2-3-5-7(6)20-11(12,13)14/h2-5H,1H3,(H2,15,16,17,18). The fraction of sp³-hybridized carbons (Fsp3) is 0.182. The first-order chi connectivity index (χ1) is 9.39. The lowest BCUT2D eigenvalue weighted by atomic mass is 10.2. The molecule has 0 saturated carbocycles. The van der Waals surface area contributed by atoms with Crippen LogP contribution in [0.3, 0.4) is 0 Å². The molecule has 0 radical (unpaired) electrons. The highest BCUT2D eigenvalue weighted by Crippen LogP contribution is 2.32. The van der Waals surface area contributed by atoms with E-state index < -0.39 is 12.1 Å². The summed E-state index contributed by atoms with van der Waals surface area (Å²) in [6.07, 6.45) is -4.82. The van der Waals surface area contributed by atoms with E-state index in [4.69, 9.17) is 10.5 Å². The van der Waals surface area contributed by atoms with Crippen molar-refractivity contribution in [2.24, 2.45) is 0 Å². The maximum atomic E-state index is 12.3. The summed E-state index contributed by atoms with van der Waals surface area (Å²) >= 11 is 0. The molecule has 0 aliphatic rings. The van der Waals surface area contributed by atoms with Crippen LogP contribution in [0.2, 0.25) is 0 Å². The quantitative estimate of drug-likeness (QED) is 0.929. The number of halogens is 3. The van der Waals surface area contributed by atoms with Crippen molar-refractivity contribution in [3.63, 3.8) is 0 Å². The average molecular weight is 286 g/mol. The molecule has 0 amide bonds. The lowest BCUT2D eigenvalue weighted by molar-refractivity contribution is -0.274. The molecule has 0 aliphatic carbocycles. The van der Waals surface area contributed by atoms with Gasteiger partial charge in [0.15, 0.2) is 5.82 Å². The lowest BCUT2D eigenvalue weighted by Gasteiger charge is -2.12. The van der Waals surface area contributed by atoms with Gasteiger partial charge >= 0.3 is 12.4 Å². The number of ether oxygens (including phenoxy) is 2. The highest BCUT2D eigenvalue weighted by molar-refractivity contribution is 5.64. The van der Waals surface area contributed by atoms with Gasteiger partial charge in [0, 0.05) is 0 Å². The molecular formula is C11H9F3N4O2. The molecule has 1 aromatic heterocycles. The van der Waals surface area contributed by atoms with Gasteiger partial charge in [0.1, 0.15) is 5.75 Å². The molecule has 1 aromatic carbocycles. The van der Waals surface area contributed by atoms with Crippen LogP contribution in [-0.2, 0) is 0 Å². The van der Waals surface area contributed by atoms with E-state index in [0.717, 1.165) is 6.07 Å². The minimum Gasteiger partial charge on any atom is -0.467 e. The van der Waals surface area contributed by atoms with Gasteiger partial charge in [0.05, 0.1) is 12.7 Å². The monoisotopic (exact) mass is 286 g/mol. The van der Waals surface area contributed by atoms with Gasteiger partial charge in [0.2, 0.25) is 5.95 Å². The van der Waals surface area contributed by atoms with E-state index >= 15 is 0 Å². The van der Waals surface area contributed by atoms with Crippen molar-refractivity contribution < 1.29 is 22.6 Å². The number of para-hydroxylation sites is 1. The van der Waals surface area contributed by atoms with Crippen molar-refractivity contribution in [1.29, 1.82) is 0 Å². The molecular weight excluding hydrogens is 277 g/mol. The molecule has 1 heterocycles. The van der Waals surface area contributed by atoms with Crippen LogP contribution in [0, 0.1) is 0 Å². The number of alkyl halides is 3. The molecule has 0 bridgehead atoms. The number of benzene rings is 1. The van der Waals surface area contributed by atoms with Crippen LogP contribution in [0.5, 0.6) is 11.8 Å². The van der Waals surface area contributed by atoms with Crippen molar-refractivity contribution >= 4 is 5.95 Å². The number of rotatable bonds is 3. The number of anilines is 1. The molecule has 0 fully saturated rings. The SMILES string of the molecule is COc1nc(N)nc(-c2ccccc2OC(F)(F)F)n1. The Labute approximate surface area is 111 Å². The fourth-order valence-electron chi connectivity index (χ4n) is 1.45. The zero-order valence-corrected chi connectivity index (χ0v) is 10.2. The Morgan fingerprint density at radius 2 is 1.80 bits per heavy atom. The molecule has 0 unspecified atom stereocenters. The summed E-state index contributed by atoms with van der Waals surface area (Å²) in [5.41, 5.74) is 5.47. The smallest absolute Gasteiger partial charge is 0.467 e. The summed E-state index contributed by atoms with van der Waals surface area (Å²) in [5, 5.41) is 0. The van der Waals surface area contributed by atoms with Gasteiger partial charge in [-0.25, -0.2) is 0 Å². The van der Waals surface area contributed by atoms with E-state index in [2.05, 4.69) is 19.7 Å². The van der Waals surface area contributed by atoms with Gasteiger partial charge in [-0.2, -0.15) is 15.0 Å². The number of nitrogens with zero attached hydrogens (tertiary/aromatic N) is 3. The Morgan fingerprint density at radius 3 is 2.45 bits per heavy atom. The third kappa shape index (κ3) is 3.25. The normalized spacial score (nSPS) is 11.2. The number of nitrogen functional groups attached to an aromatic ring is 1. The number of hydrogen-bond acceptors (Lipinski definition) is 6. The second kappa shape index (κ2) is 5.19. The summed E-state index contributed by atoms with van der Waals surface area (Å²) in [6, 6.07) is 5.33. The van der Waals surface area contributed by atoms with E-state index in [-0.39, 0.29) is 23.3 Å². The predicted molar refractivity (Wildman–Crippen MR) is 62.9 cm³/mol. The van der Waals surface area contributed by atoms with Gasteiger partial charge in [-0.05, 0) is 12.1 Å². The van der Waals surface area contributed by atoms with Crippen LogP contribution in [0.1, 0.15) is 0 Å². The van der Waals surface area contributed by atoms with E-state index in [0.29, 0.717) is 0 Å². The summed E-state index contributed by atoms with van der Waals surface area (Å²) in [7, 11) is 1.30. The maximum absolute atomic E-state index is 12.3. The van der Waals surface area contributed by atoms with Crippen LogP contribution < -0.4 is 15.2 Å². The maximum Gasteiger partial charge on any atom is 0.573 e. The summed E-state index contributed by atoms with van der Waals surface area (Å²) in [6.45, 7) is 0. The molecule has 0 aliphatic heterocycles. The van der Waals surface area contributed by atoms with Gasteiger partial charge < -0.3 is 15.2 Å². The molecule has 2 aromatic rings. The Balaban J connectivity index is 2.50. The predicted octanol–water partition coefficient (Wildman–Crippen LogP) is 2.03. The molecule has 20 heavy (non-hydrogen) atoms. The number of methoxy groups -OCH3 is 1. The summed E-state index contributed by atoms with van der Waals surface area (Å²) in [4.78, 5) is 11.3. The van der Waals surface area contributed by atoms with Crippen LogP contribution in [0.25, 0.3) is 11.4 Å². The van der Waals surface area contributed by atoms with E-state index in [1.807, 2.05) is 0 Å². The molecule has 0 atom stereocenters. The van der Waals surface area contributed by atoms with Gasteiger partial charge in [-0.3, -0.25) is 0 Å². The van der Waals surface area contributed by atoms with Crippen molar-refractivity contribution in [3.8, 4) is 23.1 Å². The minimum absolute atomic E-state index is 0.0252. The Morgan fingerprint density at radius 1 is 1.10 bits per heavy atom. The number of aromatic nitrogens is 3. The number of nitrogens with two attached hydrogens (primary N) is 1. The highest BCUT2D eigenvalue weighted by atomic mass is 19.4. The Bertz CT molecular complexity index is 619. The van der Waals surface area contributed by atoms with E-state index in [1.165, 1.54) is 25.3 Å². The first-order valence-electron chi connectivity index (χ1n) is 5.30. The first-order valence-corrected chi connectivity index (χ1v) is 5.30. The van der Waals surface area contributed by atoms with E-state index in [9.17, 15) is 13.2 Å². The minimum atomic E-state index is -4.82. The zero-order chi connectivity index (χ0) is 14.8. The first kappa shape index (κ1) is 13.8. The molecule has 0 saturated heterocycles. The topological polar surface area (TPSA) is 83.2 Å². The molecule has 106 valence electrons. The Kier molecular flexibility index (Phi) is 3.59. The largest absolute Gasteiger partial charge is 0.573 e. The van der Waals surface area contributed by atoms with Crippen LogP contribution in [-0.4, -0.2) is 28.4 Å². The third-order valence-electron chi connectivity index (χ3n) is 2.17. The van der Waals surface area contributed by atoms with Crippen molar-refractivity contribution in [2.45, 2.75) is 6.36 Å². The Hall–Kier alpha value is -2.58. The average Bonchev–Trinajstić information content (AvgIpc) is 2.36. The summed E-state index contributed by atoms with van der Waals surface area (Å²) in [5.74, 6) is -0.685. The molecule has 2 rings (SSSR count). The summed E-state index contributed by atoms with van der Waals surface area (Å²) < 4.78 is 45.7. The zero-order valence-electron chi connectivity index (χ0n) is 10.2. The van der Waals surface area contributed by atoms with Gasteiger partial charge in [-0.15, -0.1) is 13.2 Å².